The number of carboxylic acid groups (broad SMARTS) is 2. The molecule has 2 atom stereocenters. The van der Waals surface area contributed by atoms with E-state index >= 15 is 4.39 Å². The summed E-state index contributed by atoms with van der Waals surface area (Å²) in [6, 6.07) is -0.379. The average Bonchev–Trinajstić information content (AvgIpc) is 2.59. The number of methoxy groups -OCH3 is 1. The fourth-order valence-electron chi connectivity index (χ4n) is 2.31. The van der Waals surface area contributed by atoms with E-state index in [2.05, 4.69) is 0 Å². The van der Waals surface area contributed by atoms with Gasteiger partial charge in [0.15, 0.2) is 0 Å². The van der Waals surface area contributed by atoms with Crippen molar-refractivity contribution in [2.45, 2.75) is 12.0 Å². The Labute approximate surface area is 168 Å². The zero-order valence-electron chi connectivity index (χ0n) is 14.9. The Hall–Kier alpha value is -1.99. The van der Waals surface area contributed by atoms with Gasteiger partial charge in [0, 0.05) is 25.6 Å². The van der Waals surface area contributed by atoms with Gasteiger partial charge in [-0.1, -0.05) is 0 Å². The molecule has 0 heterocycles. The van der Waals surface area contributed by atoms with Gasteiger partial charge in [-0.05, 0) is 28.7 Å². The molecule has 1 aromatic carbocycles. The van der Waals surface area contributed by atoms with E-state index in [9.17, 15) is 19.5 Å². The Balaban J connectivity index is 3.49. The Morgan fingerprint density at radius 1 is 1.33 bits per heavy atom. The maximum absolute atomic E-state index is 15.0. The Morgan fingerprint density at radius 2 is 1.93 bits per heavy atom. The summed E-state index contributed by atoms with van der Waals surface area (Å²) >= 11 is 1.62. The normalized spacial score (nSPS) is 13.0. The van der Waals surface area contributed by atoms with Crippen LogP contribution in [0.25, 0.3) is 0 Å². The van der Waals surface area contributed by atoms with Gasteiger partial charge in [-0.15, -0.1) is 0 Å². The summed E-state index contributed by atoms with van der Waals surface area (Å²) in [4.78, 5) is 35.5. The van der Waals surface area contributed by atoms with Crippen molar-refractivity contribution in [3.05, 3.63) is 26.6 Å². The van der Waals surface area contributed by atoms with Crippen molar-refractivity contribution in [2.24, 2.45) is 5.73 Å². The first-order valence-electron chi connectivity index (χ1n) is 7.58. The van der Waals surface area contributed by atoms with E-state index in [1.165, 1.54) is 32.2 Å². The predicted octanol–water partition coefficient (Wildman–Crippen LogP) is 0.737. The highest BCUT2D eigenvalue weighted by Crippen LogP contribution is 2.34. The van der Waals surface area contributed by atoms with Crippen LogP contribution in [-0.4, -0.2) is 73.4 Å². The number of nitrogens with zero attached hydrogens (tertiary/aromatic N) is 1. The SMILES string of the molecule is COc1cc(C(COCC(=O)O)C(N)C(=O)O)c(F)c(I)c1C(=O)N(C)C. The van der Waals surface area contributed by atoms with Crippen molar-refractivity contribution in [3.63, 3.8) is 0 Å². The lowest BCUT2D eigenvalue weighted by molar-refractivity contribution is -0.142. The lowest BCUT2D eigenvalue weighted by Gasteiger charge is -2.24. The molecule has 0 aliphatic heterocycles. The van der Waals surface area contributed by atoms with Crippen LogP contribution in [0, 0.1) is 9.39 Å². The number of hydrogen-bond donors (Lipinski definition) is 3. The fourth-order valence-corrected chi connectivity index (χ4v) is 3.12. The quantitative estimate of drug-likeness (QED) is 0.424. The molecule has 0 spiro atoms. The number of rotatable bonds is 9. The van der Waals surface area contributed by atoms with Gasteiger partial charge in [-0.3, -0.25) is 9.59 Å². The first-order valence-corrected chi connectivity index (χ1v) is 8.66. The molecular formula is C16H20FIN2O7. The molecule has 150 valence electrons. The molecule has 0 saturated carbocycles. The van der Waals surface area contributed by atoms with Gasteiger partial charge in [0.2, 0.25) is 0 Å². The third-order valence-corrected chi connectivity index (χ3v) is 4.69. The molecule has 1 rings (SSSR count). The van der Waals surface area contributed by atoms with Crippen LogP contribution < -0.4 is 10.5 Å². The van der Waals surface area contributed by atoms with E-state index in [1.54, 1.807) is 22.6 Å². The van der Waals surface area contributed by atoms with Crippen molar-refractivity contribution in [3.8, 4) is 5.75 Å². The highest BCUT2D eigenvalue weighted by Gasteiger charge is 2.33. The van der Waals surface area contributed by atoms with Gasteiger partial charge >= 0.3 is 11.9 Å². The molecule has 0 aliphatic carbocycles. The average molecular weight is 498 g/mol. The largest absolute Gasteiger partial charge is 0.496 e. The van der Waals surface area contributed by atoms with Crippen LogP contribution >= 0.6 is 22.6 Å². The molecule has 1 amide bonds. The summed E-state index contributed by atoms with van der Waals surface area (Å²) < 4.78 is 25.1. The number of carboxylic acids is 2. The van der Waals surface area contributed by atoms with Crippen LogP contribution in [0.4, 0.5) is 4.39 Å². The fraction of sp³-hybridized carbons (Fsp3) is 0.438. The van der Waals surface area contributed by atoms with Gasteiger partial charge in [-0.25, -0.2) is 9.18 Å². The second-order valence-corrected chi connectivity index (χ2v) is 6.83. The third kappa shape index (κ3) is 5.49. The van der Waals surface area contributed by atoms with Gasteiger partial charge in [0.25, 0.3) is 5.91 Å². The predicted molar refractivity (Wildman–Crippen MR) is 100 cm³/mol. The van der Waals surface area contributed by atoms with Crippen molar-refractivity contribution >= 4 is 40.4 Å². The molecule has 9 nitrogen and oxygen atoms in total. The molecule has 2 unspecified atom stereocenters. The van der Waals surface area contributed by atoms with Crippen LogP contribution in [0.15, 0.2) is 6.07 Å². The van der Waals surface area contributed by atoms with Gasteiger partial charge in [0.05, 0.1) is 22.9 Å². The number of hydrogen-bond acceptors (Lipinski definition) is 6. The highest BCUT2D eigenvalue weighted by molar-refractivity contribution is 14.1. The number of nitrogens with two attached hydrogens (primary N) is 1. The van der Waals surface area contributed by atoms with Crippen LogP contribution in [0.3, 0.4) is 0 Å². The van der Waals surface area contributed by atoms with Crippen LogP contribution in [0.5, 0.6) is 5.75 Å². The van der Waals surface area contributed by atoms with E-state index in [4.69, 9.17) is 20.3 Å². The van der Waals surface area contributed by atoms with Gasteiger partial charge in [-0.2, -0.15) is 0 Å². The van der Waals surface area contributed by atoms with E-state index < -0.39 is 48.8 Å². The number of carbonyl (C=O) groups excluding carboxylic acids is 1. The summed E-state index contributed by atoms with van der Waals surface area (Å²) in [5.74, 6) is -5.19. The van der Waals surface area contributed by atoms with Gasteiger partial charge in [0.1, 0.15) is 24.2 Å². The lowest BCUT2D eigenvalue weighted by Crippen LogP contribution is -2.39. The summed E-state index contributed by atoms with van der Waals surface area (Å²) in [5.41, 5.74) is 5.49. The molecule has 1 aromatic rings. The molecular weight excluding hydrogens is 478 g/mol. The molecule has 4 N–H and O–H groups in total. The Bertz CT molecular complexity index is 742. The molecule has 0 aliphatic rings. The van der Waals surface area contributed by atoms with Crippen molar-refractivity contribution < 1.29 is 38.5 Å². The van der Waals surface area contributed by atoms with Gasteiger partial charge < -0.3 is 30.3 Å². The maximum Gasteiger partial charge on any atom is 0.329 e. The minimum Gasteiger partial charge on any atom is -0.496 e. The van der Waals surface area contributed by atoms with E-state index in [0.29, 0.717) is 0 Å². The molecule has 11 heteroatoms. The first kappa shape index (κ1) is 23.0. The minimum absolute atomic E-state index is 0.0153. The summed E-state index contributed by atoms with van der Waals surface area (Å²) in [5, 5.41) is 17.9. The zero-order valence-corrected chi connectivity index (χ0v) is 17.0. The van der Waals surface area contributed by atoms with Crippen LogP contribution in [0.2, 0.25) is 0 Å². The second kappa shape index (κ2) is 9.80. The summed E-state index contributed by atoms with van der Waals surface area (Å²) in [6.45, 7) is -1.15. The van der Waals surface area contributed by atoms with Crippen LogP contribution in [0.1, 0.15) is 21.8 Å². The monoisotopic (exact) mass is 498 g/mol. The number of ether oxygens (including phenoxy) is 2. The molecule has 0 saturated heterocycles. The zero-order chi connectivity index (χ0) is 20.9. The van der Waals surface area contributed by atoms with Crippen LogP contribution in [-0.2, 0) is 14.3 Å². The lowest BCUT2D eigenvalue weighted by atomic mass is 9.90. The summed E-state index contributed by atoms with van der Waals surface area (Å²) in [7, 11) is 4.27. The number of aliphatic carboxylic acids is 2. The Morgan fingerprint density at radius 3 is 2.37 bits per heavy atom. The standard InChI is InChI=1S/C16H20FIN2O7/c1-20(2)15(23)11-9(26-3)4-7(12(17)13(11)18)8(14(19)16(24)25)5-27-6-10(21)22/h4,8,14H,5-6,19H2,1-3H3,(H,21,22)(H,24,25). The molecule has 27 heavy (non-hydrogen) atoms. The highest BCUT2D eigenvalue weighted by atomic mass is 127. The molecule has 0 bridgehead atoms. The minimum atomic E-state index is -1.57. The Kier molecular flexibility index (Phi) is 8.37. The molecule has 0 fully saturated rings. The smallest absolute Gasteiger partial charge is 0.329 e. The summed E-state index contributed by atoms with van der Waals surface area (Å²) in [6.07, 6.45) is 0. The van der Waals surface area contributed by atoms with Crippen molar-refractivity contribution in [1.29, 1.82) is 0 Å². The first-order chi connectivity index (χ1) is 12.5. The third-order valence-electron chi connectivity index (χ3n) is 3.68. The number of carbonyl (C=O) groups is 3. The van der Waals surface area contributed by atoms with Crippen molar-refractivity contribution in [2.75, 3.05) is 34.4 Å². The second-order valence-electron chi connectivity index (χ2n) is 5.75. The van der Waals surface area contributed by atoms with E-state index in [-0.39, 0.29) is 20.4 Å². The maximum atomic E-state index is 15.0. The van der Waals surface area contributed by atoms with E-state index in [0.717, 1.165) is 0 Å². The number of benzene rings is 1. The van der Waals surface area contributed by atoms with E-state index in [1.807, 2.05) is 0 Å². The molecule has 0 radical (unpaired) electrons. The number of halogens is 2. The molecule has 0 aromatic heterocycles. The number of amides is 1. The topological polar surface area (TPSA) is 139 Å². The van der Waals surface area contributed by atoms with Crippen molar-refractivity contribution in [1.82, 2.24) is 4.90 Å².